The molecule has 1 unspecified atom stereocenters. The van der Waals surface area contributed by atoms with Crippen LogP contribution < -0.4 is 5.32 Å². The highest BCUT2D eigenvalue weighted by molar-refractivity contribution is 4.74. The molecule has 0 aliphatic rings. The number of hydrogen-bond donors (Lipinski definition) is 1. The van der Waals surface area contributed by atoms with Gasteiger partial charge >= 0.3 is 0 Å². The third kappa shape index (κ3) is 7.20. The van der Waals surface area contributed by atoms with E-state index in [4.69, 9.17) is 4.74 Å². The monoisotopic (exact) mass is 230 g/mol. The molecule has 0 saturated heterocycles. The van der Waals surface area contributed by atoms with Gasteiger partial charge in [0.25, 0.3) is 0 Å². The summed E-state index contributed by atoms with van der Waals surface area (Å²) in [5, 5.41) is 3.51. The molecule has 3 heteroatoms. The summed E-state index contributed by atoms with van der Waals surface area (Å²) in [6.45, 7) is 13.7. The first-order chi connectivity index (χ1) is 7.63. The van der Waals surface area contributed by atoms with Gasteiger partial charge in [0.2, 0.25) is 0 Å². The van der Waals surface area contributed by atoms with E-state index in [1.165, 1.54) is 6.42 Å². The molecule has 0 heterocycles. The van der Waals surface area contributed by atoms with E-state index < -0.39 is 0 Å². The fraction of sp³-hybridized carbons (Fsp3) is 1.00. The Kier molecular flexibility index (Phi) is 9.99. The Balaban J connectivity index is 3.88. The van der Waals surface area contributed by atoms with Crippen LogP contribution in [-0.4, -0.2) is 50.8 Å². The average Bonchev–Trinajstić information content (AvgIpc) is 2.24. The van der Waals surface area contributed by atoms with Crippen molar-refractivity contribution >= 4 is 0 Å². The summed E-state index contributed by atoms with van der Waals surface area (Å²) in [4.78, 5) is 2.41. The Morgan fingerprint density at radius 3 is 2.44 bits per heavy atom. The second-order valence-electron chi connectivity index (χ2n) is 4.69. The molecule has 0 aromatic carbocycles. The van der Waals surface area contributed by atoms with Crippen LogP contribution in [0.3, 0.4) is 0 Å². The van der Waals surface area contributed by atoms with Crippen molar-refractivity contribution in [2.75, 3.05) is 39.9 Å². The largest absolute Gasteiger partial charge is 0.380 e. The lowest BCUT2D eigenvalue weighted by molar-refractivity contribution is 0.0956. The minimum atomic E-state index is 0.604. The van der Waals surface area contributed by atoms with Gasteiger partial charge in [-0.25, -0.2) is 0 Å². The van der Waals surface area contributed by atoms with Gasteiger partial charge in [0.05, 0.1) is 6.61 Å². The van der Waals surface area contributed by atoms with Crippen LogP contribution in [0.5, 0.6) is 0 Å². The molecule has 0 aliphatic heterocycles. The Hall–Kier alpha value is -0.120. The van der Waals surface area contributed by atoms with Gasteiger partial charge in [0.1, 0.15) is 0 Å². The molecule has 0 amide bonds. The van der Waals surface area contributed by atoms with Crippen LogP contribution >= 0.6 is 0 Å². The molecule has 0 radical (unpaired) electrons. The highest BCUT2D eigenvalue weighted by atomic mass is 16.5. The normalized spacial score (nSPS) is 13.7. The van der Waals surface area contributed by atoms with Gasteiger partial charge in [0, 0.05) is 25.7 Å². The van der Waals surface area contributed by atoms with Crippen LogP contribution in [0.1, 0.15) is 34.1 Å². The van der Waals surface area contributed by atoms with Crippen LogP contribution in [0.2, 0.25) is 0 Å². The van der Waals surface area contributed by atoms with Crippen LogP contribution in [-0.2, 0) is 4.74 Å². The van der Waals surface area contributed by atoms with E-state index in [2.05, 4.69) is 38.0 Å². The smallest absolute Gasteiger partial charge is 0.0593 e. The Morgan fingerprint density at radius 1 is 1.25 bits per heavy atom. The summed E-state index contributed by atoms with van der Waals surface area (Å²) in [5.41, 5.74) is 0. The lowest BCUT2D eigenvalue weighted by atomic mass is 10.0. The topological polar surface area (TPSA) is 24.5 Å². The van der Waals surface area contributed by atoms with Crippen molar-refractivity contribution in [2.45, 2.75) is 40.2 Å². The number of nitrogens with zero attached hydrogens (tertiary/aromatic N) is 1. The Labute approximate surface area is 102 Å². The second kappa shape index (κ2) is 10.1. The summed E-state index contributed by atoms with van der Waals surface area (Å²) >= 11 is 0. The molecular weight excluding hydrogens is 200 g/mol. The van der Waals surface area contributed by atoms with Gasteiger partial charge < -0.3 is 10.1 Å². The third-order valence-corrected chi connectivity index (χ3v) is 2.91. The van der Waals surface area contributed by atoms with Crippen molar-refractivity contribution in [3.05, 3.63) is 0 Å². The molecule has 1 atom stereocenters. The predicted molar refractivity (Wildman–Crippen MR) is 70.9 cm³/mol. The average molecular weight is 230 g/mol. The molecule has 1 N–H and O–H groups in total. The molecule has 0 fully saturated rings. The van der Waals surface area contributed by atoms with E-state index >= 15 is 0 Å². The lowest BCUT2D eigenvalue weighted by Gasteiger charge is -2.31. The molecule has 0 aliphatic carbocycles. The van der Waals surface area contributed by atoms with E-state index in [1.807, 2.05) is 6.92 Å². The maximum atomic E-state index is 5.40. The van der Waals surface area contributed by atoms with Gasteiger partial charge in [-0.15, -0.1) is 0 Å². The fourth-order valence-corrected chi connectivity index (χ4v) is 1.85. The van der Waals surface area contributed by atoms with Gasteiger partial charge in [-0.3, -0.25) is 4.90 Å². The zero-order chi connectivity index (χ0) is 12.4. The van der Waals surface area contributed by atoms with Gasteiger partial charge in [0.15, 0.2) is 0 Å². The Bertz CT molecular complexity index is 151. The molecule has 0 saturated carbocycles. The van der Waals surface area contributed by atoms with Crippen LogP contribution in [0, 0.1) is 5.92 Å². The molecule has 0 rings (SSSR count). The summed E-state index contributed by atoms with van der Waals surface area (Å²) in [6, 6.07) is 0.604. The molecule has 16 heavy (non-hydrogen) atoms. The summed E-state index contributed by atoms with van der Waals surface area (Å²) < 4.78 is 5.40. The molecule has 0 spiro atoms. The first-order valence-electron chi connectivity index (χ1n) is 6.62. The second-order valence-corrected chi connectivity index (χ2v) is 4.69. The molecule has 0 aromatic heterocycles. The van der Waals surface area contributed by atoms with Crippen molar-refractivity contribution in [3.8, 4) is 0 Å². The van der Waals surface area contributed by atoms with Crippen molar-refractivity contribution in [3.63, 3.8) is 0 Å². The van der Waals surface area contributed by atoms with Crippen LogP contribution in [0.4, 0.5) is 0 Å². The van der Waals surface area contributed by atoms with Gasteiger partial charge in [-0.05, 0) is 32.9 Å². The summed E-state index contributed by atoms with van der Waals surface area (Å²) in [7, 11) is 2.19. The number of ether oxygens (including phenoxy) is 1. The van der Waals surface area contributed by atoms with E-state index in [0.29, 0.717) is 12.0 Å². The number of likely N-dealkylation sites (N-methyl/N-ethyl adjacent to an activating group) is 1. The van der Waals surface area contributed by atoms with Crippen molar-refractivity contribution in [2.24, 2.45) is 5.92 Å². The first kappa shape index (κ1) is 15.9. The quantitative estimate of drug-likeness (QED) is 0.581. The fourth-order valence-electron chi connectivity index (χ4n) is 1.85. The van der Waals surface area contributed by atoms with Crippen molar-refractivity contribution in [1.29, 1.82) is 0 Å². The van der Waals surface area contributed by atoms with E-state index in [1.54, 1.807) is 0 Å². The Morgan fingerprint density at radius 2 is 1.94 bits per heavy atom. The minimum Gasteiger partial charge on any atom is -0.380 e. The van der Waals surface area contributed by atoms with E-state index in [-0.39, 0.29) is 0 Å². The summed E-state index contributed by atoms with van der Waals surface area (Å²) in [6.07, 6.45) is 1.20. The van der Waals surface area contributed by atoms with E-state index in [0.717, 1.165) is 32.8 Å². The standard InChI is InChI=1S/C13H30N2O/c1-6-8-14-11-13(12(3)4)15(5)9-10-16-7-2/h12-14H,6-11H2,1-5H3. The first-order valence-corrected chi connectivity index (χ1v) is 6.62. The maximum Gasteiger partial charge on any atom is 0.0593 e. The molecule has 98 valence electrons. The highest BCUT2D eigenvalue weighted by Gasteiger charge is 2.17. The highest BCUT2D eigenvalue weighted by Crippen LogP contribution is 2.07. The van der Waals surface area contributed by atoms with E-state index in [9.17, 15) is 0 Å². The third-order valence-electron chi connectivity index (χ3n) is 2.91. The number of hydrogen-bond acceptors (Lipinski definition) is 3. The minimum absolute atomic E-state index is 0.604. The molecule has 3 nitrogen and oxygen atoms in total. The van der Waals surface area contributed by atoms with Crippen molar-refractivity contribution in [1.82, 2.24) is 10.2 Å². The summed E-state index contributed by atoms with van der Waals surface area (Å²) in [5.74, 6) is 0.677. The molecule has 0 bridgehead atoms. The molecular formula is C13H30N2O. The van der Waals surface area contributed by atoms with Gasteiger partial charge in [-0.2, -0.15) is 0 Å². The zero-order valence-electron chi connectivity index (χ0n) is 11.8. The van der Waals surface area contributed by atoms with Gasteiger partial charge in [-0.1, -0.05) is 20.8 Å². The lowest BCUT2D eigenvalue weighted by Crippen LogP contribution is -2.45. The van der Waals surface area contributed by atoms with Crippen molar-refractivity contribution < 1.29 is 4.74 Å². The maximum absolute atomic E-state index is 5.40. The number of nitrogens with one attached hydrogen (secondary N) is 1. The van der Waals surface area contributed by atoms with Crippen LogP contribution in [0.15, 0.2) is 0 Å². The molecule has 0 aromatic rings. The SMILES string of the molecule is CCCNCC(C(C)C)N(C)CCOCC. The predicted octanol–water partition coefficient (Wildman–Crippen LogP) is 1.98. The van der Waals surface area contributed by atoms with Crippen LogP contribution in [0.25, 0.3) is 0 Å². The zero-order valence-corrected chi connectivity index (χ0v) is 11.8. The number of rotatable bonds is 10.